The van der Waals surface area contributed by atoms with Crippen LogP contribution in [0.25, 0.3) is 0 Å². The molecule has 0 radical (unpaired) electrons. The minimum absolute atomic E-state index is 0.0952. The fraction of sp³-hybridized carbons (Fsp3) is 0.235. The van der Waals surface area contributed by atoms with E-state index < -0.39 is 5.82 Å². The van der Waals surface area contributed by atoms with Crippen molar-refractivity contribution in [1.82, 2.24) is 0 Å². The predicted molar refractivity (Wildman–Crippen MR) is 81.3 cm³/mol. The van der Waals surface area contributed by atoms with E-state index in [0.29, 0.717) is 17.8 Å². The Hall–Kier alpha value is -2.36. The van der Waals surface area contributed by atoms with E-state index >= 15 is 0 Å². The smallest absolute Gasteiger partial charge is 0.258 e. The third-order valence-electron chi connectivity index (χ3n) is 3.47. The number of benzene rings is 2. The summed E-state index contributed by atoms with van der Waals surface area (Å²) in [6.07, 6.45) is 0. The second kappa shape index (κ2) is 5.95. The van der Waals surface area contributed by atoms with Crippen molar-refractivity contribution in [2.24, 2.45) is 0 Å². The number of rotatable bonds is 3. The maximum absolute atomic E-state index is 13.4. The maximum atomic E-state index is 13.4. The molecule has 2 aromatic carbocycles. The quantitative estimate of drug-likeness (QED) is 0.932. The molecule has 110 valence electrons. The van der Waals surface area contributed by atoms with E-state index in [2.05, 4.69) is 0 Å². The maximum Gasteiger partial charge on any atom is 0.258 e. The summed E-state index contributed by atoms with van der Waals surface area (Å²) < 4.78 is 13.4. The topological polar surface area (TPSA) is 40.5 Å². The van der Waals surface area contributed by atoms with Crippen molar-refractivity contribution in [2.75, 3.05) is 11.4 Å². The number of hydrogen-bond acceptors (Lipinski definition) is 2. The number of nitrogens with zero attached hydrogens (tertiary/aromatic N) is 1. The lowest BCUT2D eigenvalue weighted by Crippen LogP contribution is -2.31. The molecule has 0 spiro atoms. The molecule has 0 fully saturated rings. The summed E-state index contributed by atoms with van der Waals surface area (Å²) in [6, 6.07) is 9.04. The number of aromatic hydroxyl groups is 1. The molecule has 2 rings (SSSR count). The van der Waals surface area contributed by atoms with Gasteiger partial charge in [-0.25, -0.2) is 4.39 Å². The van der Waals surface area contributed by atoms with Gasteiger partial charge in [-0.3, -0.25) is 4.79 Å². The Balaban J connectivity index is 2.48. The van der Waals surface area contributed by atoms with E-state index in [1.807, 2.05) is 13.8 Å². The van der Waals surface area contributed by atoms with Crippen molar-refractivity contribution in [2.45, 2.75) is 20.8 Å². The minimum atomic E-state index is -0.437. The molecule has 0 aliphatic carbocycles. The summed E-state index contributed by atoms with van der Waals surface area (Å²) in [7, 11) is 0. The molecule has 0 aromatic heterocycles. The SMILES string of the molecule is CCN(C(=O)c1cc(F)ccc1C)c1cc(O)ccc1C. The Kier molecular flexibility index (Phi) is 4.26. The Bertz CT molecular complexity index is 682. The monoisotopic (exact) mass is 287 g/mol. The lowest BCUT2D eigenvalue weighted by atomic mass is 10.1. The second-order valence-electron chi connectivity index (χ2n) is 4.98. The molecule has 0 aliphatic rings. The van der Waals surface area contributed by atoms with E-state index in [9.17, 15) is 14.3 Å². The van der Waals surface area contributed by atoms with Gasteiger partial charge in [-0.1, -0.05) is 12.1 Å². The molecule has 1 amide bonds. The van der Waals surface area contributed by atoms with Crippen LogP contribution in [0.1, 0.15) is 28.4 Å². The number of phenols is 1. The summed E-state index contributed by atoms with van der Waals surface area (Å²) in [4.78, 5) is 14.2. The summed E-state index contributed by atoms with van der Waals surface area (Å²) in [5.74, 6) is -0.617. The molecule has 2 aromatic rings. The highest BCUT2D eigenvalue weighted by Gasteiger charge is 2.20. The first-order valence-electron chi connectivity index (χ1n) is 6.81. The first-order chi connectivity index (χ1) is 9.93. The summed E-state index contributed by atoms with van der Waals surface area (Å²) >= 11 is 0. The number of hydrogen-bond donors (Lipinski definition) is 1. The molecular formula is C17H18FNO2. The largest absolute Gasteiger partial charge is 0.508 e. The molecule has 0 atom stereocenters. The van der Waals surface area contributed by atoms with Gasteiger partial charge < -0.3 is 10.0 Å². The molecule has 0 unspecified atom stereocenters. The van der Waals surface area contributed by atoms with E-state index in [4.69, 9.17) is 0 Å². The lowest BCUT2D eigenvalue weighted by molar-refractivity contribution is 0.0987. The van der Waals surface area contributed by atoms with Crippen molar-refractivity contribution >= 4 is 11.6 Å². The van der Waals surface area contributed by atoms with Gasteiger partial charge in [0.15, 0.2) is 0 Å². The van der Waals surface area contributed by atoms with E-state index in [0.717, 1.165) is 11.1 Å². The molecular weight excluding hydrogens is 269 g/mol. The van der Waals surface area contributed by atoms with Crippen LogP contribution in [0.15, 0.2) is 36.4 Å². The van der Waals surface area contributed by atoms with E-state index in [1.165, 1.54) is 17.0 Å². The van der Waals surface area contributed by atoms with Gasteiger partial charge in [0.2, 0.25) is 0 Å². The van der Waals surface area contributed by atoms with Gasteiger partial charge in [-0.2, -0.15) is 0 Å². The zero-order valence-electron chi connectivity index (χ0n) is 12.4. The molecule has 0 aliphatic heterocycles. The Morgan fingerprint density at radius 2 is 1.81 bits per heavy atom. The first kappa shape index (κ1) is 15.0. The van der Waals surface area contributed by atoms with Gasteiger partial charge in [-0.15, -0.1) is 0 Å². The summed E-state index contributed by atoms with van der Waals surface area (Å²) in [5, 5.41) is 9.64. The Morgan fingerprint density at radius 1 is 1.14 bits per heavy atom. The van der Waals surface area contributed by atoms with Crippen molar-refractivity contribution in [3.05, 3.63) is 58.9 Å². The summed E-state index contributed by atoms with van der Waals surface area (Å²) in [6.45, 7) is 5.91. The first-order valence-corrected chi connectivity index (χ1v) is 6.81. The van der Waals surface area contributed by atoms with Crippen molar-refractivity contribution in [1.29, 1.82) is 0 Å². The third kappa shape index (κ3) is 3.05. The van der Waals surface area contributed by atoms with Crippen LogP contribution in [-0.2, 0) is 0 Å². The number of anilines is 1. The fourth-order valence-corrected chi connectivity index (χ4v) is 2.28. The van der Waals surface area contributed by atoms with Gasteiger partial charge in [0.25, 0.3) is 5.91 Å². The standard InChI is InChI=1S/C17H18FNO2/c1-4-19(16-10-14(20)8-6-12(16)3)17(21)15-9-13(18)7-5-11(15)2/h5-10,20H,4H2,1-3H3. The fourth-order valence-electron chi connectivity index (χ4n) is 2.28. The number of halogens is 1. The van der Waals surface area contributed by atoms with Crippen LogP contribution in [0, 0.1) is 19.7 Å². The van der Waals surface area contributed by atoms with Crippen LogP contribution >= 0.6 is 0 Å². The zero-order valence-corrected chi connectivity index (χ0v) is 12.4. The van der Waals surface area contributed by atoms with Crippen molar-refractivity contribution in [3.63, 3.8) is 0 Å². The van der Waals surface area contributed by atoms with Crippen LogP contribution in [0.2, 0.25) is 0 Å². The number of aryl methyl sites for hydroxylation is 2. The van der Waals surface area contributed by atoms with Crippen LogP contribution < -0.4 is 4.90 Å². The van der Waals surface area contributed by atoms with Crippen LogP contribution in [0.5, 0.6) is 5.75 Å². The number of carbonyl (C=O) groups excluding carboxylic acids is 1. The van der Waals surface area contributed by atoms with Gasteiger partial charge >= 0.3 is 0 Å². The summed E-state index contributed by atoms with van der Waals surface area (Å²) in [5.41, 5.74) is 2.56. The molecule has 0 saturated carbocycles. The van der Waals surface area contributed by atoms with Crippen LogP contribution in [-0.4, -0.2) is 17.6 Å². The van der Waals surface area contributed by atoms with Gasteiger partial charge in [0, 0.05) is 18.2 Å². The van der Waals surface area contributed by atoms with Gasteiger partial charge in [0.05, 0.1) is 5.69 Å². The highest BCUT2D eigenvalue weighted by Crippen LogP contribution is 2.27. The average molecular weight is 287 g/mol. The highest BCUT2D eigenvalue weighted by atomic mass is 19.1. The minimum Gasteiger partial charge on any atom is -0.508 e. The normalized spacial score (nSPS) is 10.5. The van der Waals surface area contributed by atoms with E-state index in [-0.39, 0.29) is 11.7 Å². The van der Waals surface area contributed by atoms with E-state index in [1.54, 1.807) is 31.2 Å². The molecule has 21 heavy (non-hydrogen) atoms. The zero-order chi connectivity index (χ0) is 15.6. The molecule has 1 N–H and O–H groups in total. The number of carbonyl (C=O) groups is 1. The van der Waals surface area contributed by atoms with Gasteiger partial charge in [-0.05, 0) is 50.1 Å². The molecule has 4 heteroatoms. The molecule has 0 heterocycles. The van der Waals surface area contributed by atoms with Crippen molar-refractivity contribution < 1.29 is 14.3 Å². The molecule has 3 nitrogen and oxygen atoms in total. The molecule has 0 bridgehead atoms. The molecule has 0 saturated heterocycles. The van der Waals surface area contributed by atoms with Crippen molar-refractivity contribution in [3.8, 4) is 5.75 Å². The predicted octanol–water partition coefficient (Wildman–Crippen LogP) is 3.81. The number of phenolic OH excluding ortho intramolecular Hbond substituents is 1. The average Bonchev–Trinajstić information content (AvgIpc) is 2.46. The van der Waals surface area contributed by atoms with Crippen LogP contribution in [0.4, 0.5) is 10.1 Å². The Labute approximate surface area is 123 Å². The Morgan fingerprint density at radius 3 is 2.48 bits per heavy atom. The van der Waals surface area contributed by atoms with Gasteiger partial charge in [0.1, 0.15) is 11.6 Å². The lowest BCUT2D eigenvalue weighted by Gasteiger charge is -2.24. The number of amides is 1. The highest BCUT2D eigenvalue weighted by molar-refractivity contribution is 6.07. The third-order valence-corrected chi connectivity index (χ3v) is 3.47. The van der Waals surface area contributed by atoms with Crippen LogP contribution in [0.3, 0.4) is 0 Å². The second-order valence-corrected chi connectivity index (χ2v) is 4.98.